The summed E-state index contributed by atoms with van der Waals surface area (Å²) in [5.74, 6) is -1.31. The molecule has 1 N–H and O–H groups in total. The highest BCUT2D eigenvalue weighted by atomic mass is 19.1. The fourth-order valence-electron chi connectivity index (χ4n) is 2.00. The molecule has 1 aromatic heterocycles. The Bertz CT molecular complexity index is 790. The monoisotopic (exact) mass is 283 g/mol. The largest absolute Gasteiger partial charge is 0.278 e. The number of rotatable bonds is 3. The number of anilines is 1. The van der Waals surface area contributed by atoms with Gasteiger partial charge in [0.25, 0.3) is 0 Å². The summed E-state index contributed by atoms with van der Waals surface area (Å²) in [7, 11) is 0. The van der Waals surface area contributed by atoms with E-state index in [4.69, 9.17) is 0 Å². The first kappa shape index (κ1) is 13.2. The minimum Gasteiger partial charge on any atom is -0.278 e. The van der Waals surface area contributed by atoms with Crippen molar-refractivity contribution in [3.63, 3.8) is 0 Å². The van der Waals surface area contributed by atoms with Crippen LogP contribution in [0.3, 0.4) is 0 Å². The fourth-order valence-corrected chi connectivity index (χ4v) is 2.00. The Labute approximate surface area is 120 Å². The number of pyridine rings is 1. The van der Waals surface area contributed by atoms with Gasteiger partial charge in [-0.3, -0.25) is 10.4 Å². The second-order valence-corrected chi connectivity index (χ2v) is 4.38. The van der Waals surface area contributed by atoms with Gasteiger partial charge in [-0.15, -0.1) is 0 Å². The zero-order chi connectivity index (χ0) is 14.7. The van der Waals surface area contributed by atoms with Crippen molar-refractivity contribution in [1.82, 2.24) is 4.98 Å². The van der Waals surface area contributed by atoms with Crippen LogP contribution >= 0.6 is 0 Å². The second-order valence-electron chi connectivity index (χ2n) is 4.38. The van der Waals surface area contributed by atoms with E-state index >= 15 is 0 Å². The van der Waals surface area contributed by atoms with Crippen LogP contribution in [-0.4, -0.2) is 11.2 Å². The normalized spacial score (nSPS) is 11.1. The van der Waals surface area contributed by atoms with Crippen molar-refractivity contribution in [3.8, 4) is 0 Å². The molecule has 0 unspecified atom stereocenters. The molecule has 2 aromatic carbocycles. The van der Waals surface area contributed by atoms with Crippen molar-refractivity contribution in [2.24, 2.45) is 5.10 Å². The van der Waals surface area contributed by atoms with Gasteiger partial charge in [0, 0.05) is 11.6 Å². The van der Waals surface area contributed by atoms with Crippen molar-refractivity contribution < 1.29 is 8.78 Å². The molecule has 1 heterocycles. The predicted octanol–water partition coefficient (Wildman–Crippen LogP) is 3.96. The van der Waals surface area contributed by atoms with E-state index in [1.165, 1.54) is 18.2 Å². The summed E-state index contributed by atoms with van der Waals surface area (Å²) in [6.07, 6.45) is 2.82. The van der Waals surface area contributed by atoms with Gasteiger partial charge < -0.3 is 0 Å². The summed E-state index contributed by atoms with van der Waals surface area (Å²) in [5.41, 5.74) is 4.14. The highest BCUT2D eigenvalue weighted by molar-refractivity contribution is 5.91. The van der Waals surface area contributed by atoms with Gasteiger partial charge in [-0.2, -0.15) is 5.10 Å². The summed E-state index contributed by atoms with van der Waals surface area (Å²) in [6, 6.07) is 12.9. The van der Waals surface area contributed by atoms with Crippen LogP contribution in [0.15, 0.2) is 59.8 Å². The molecule has 0 fully saturated rings. The van der Waals surface area contributed by atoms with Crippen LogP contribution in [0.2, 0.25) is 0 Å². The van der Waals surface area contributed by atoms with Crippen LogP contribution in [-0.2, 0) is 0 Å². The molecule has 0 spiro atoms. The van der Waals surface area contributed by atoms with Crippen molar-refractivity contribution in [3.05, 3.63) is 71.9 Å². The summed E-state index contributed by atoms with van der Waals surface area (Å²) < 4.78 is 26.9. The maximum atomic E-state index is 13.5. The lowest BCUT2D eigenvalue weighted by molar-refractivity contribution is 0.580. The van der Waals surface area contributed by atoms with E-state index in [1.807, 2.05) is 30.3 Å². The van der Waals surface area contributed by atoms with Gasteiger partial charge in [0.2, 0.25) is 0 Å². The molecule has 3 rings (SSSR count). The Kier molecular flexibility index (Phi) is 3.55. The summed E-state index contributed by atoms with van der Waals surface area (Å²) in [6.45, 7) is 0. The minimum absolute atomic E-state index is 0.177. The first-order valence-electron chi connectivity index (χ1n) is 6.32. The number of benzene rings is 2. The van der Waals surface area contributed by atoms with Crippen molar-refractivity contribution in [2.45, 2.75) is 0 Å². The molecule has 0 amide bonds. The molecule has 104 valence electrons. The van der Waals surface area contributed by atoms with Gasteiger partial charge in [0.05, 0.1) is 23.0 Å². The molecule has 5 heteroatoms. The standard InChI is InChI=1S/C16H11F2N3/c17-13-5-1-6-14(18)12(13)10-20-21-16-8-2-7-15-11(16)4-3-9-19-15/h1-10,21H/b20-10+. The molecular weight excluding hydrogens is 272 g/mol. The quantitative estimate of drug-likeness (QED) is 0.583. The Balaban J connectivity index is 1.88. The molecule has 0 aliphatic rings. The number of hydrogen-bond acceptors (Lipinski definition) is 3. The van der Waals surface area contributed by atoms with Crippen LogP contribution in [0.1, 0.15) is 5.56 Å². The molecule has 0 radical (unpaired) electrons. The van der Waals surface area contributed by atoms with E-state index in [-0.39, 0.29) is 5.56 Å². The number of hydrazone groups is 1. The van der Waals surface area contributed by atoms with E-state index in [1.54, 1.807) is 6.20 Å². The number of nitrogens with one attached hydrogen (secondary N) is 1. The molecule has 0 bridgehead atoms. The molecule has 21 heavy (non-hydrogen) atoms. The van der Waals surface area contributed by atoms with E-state index in [2.05, 4.69) is 15.5 Å². The zero-order valence-electron chi connectivity index (χ0n) is 10.9. The Morgan fingerprint density at radius 3 is 2.52 bits per heavy atom. The zero-order valence-corrected chi connectivity index (χ0v) is 10.9. The smallest absolute Gasteiger partial charge is 0.134 e. The minimum atomic E-state index is -0.653. The Hall–Kier alpha value is -2.82. The predicted molar refractivity (Wildman–Crippen MR) is 79.3 cm³/mol. The lowest BCUT2D eigenvalue weighted by Crippen LogP contribution is -1.97. The maximum Gasteiger partial charge on any atom is 0.134 e. The summed E-state index contributed by atoms with van der Waals surface area (Å²) in [5, 5.41) is 4.78. The molecule has 0 saturated carbocycles. The van der Waals surface area contributed by atoms with Crippen molar-refractivity contribution in [1.29, 1.82) is 0 Å². The number of aromatic nitrogens is 1. The number of fused-ring (bicyclic) bond motifs is 1. The van der Waals surface area contributed by atoms with Crippen LogP contribution in [0.4, 0.5) is 14.5 Å². The first-order valence-corrected chi connectivity index (χ1v) is 6.32. The fraction of sp³-hybridized carbons (Fsp3) is 0. The van der Waals surface area contributed by atoms with Crippen LogP contribution in [0.25, 0.3) is 10.9 Å². The van der Waals surface area contributed by atoms with E-state index in [9.17, 15) is 8.78 Å². The summed E-state index contributed by atoms with van der Waals surface area (Å²) in [4.78, 5) is 4.22. The van der Waals surface area contributed by atoms with Gasteiger partial charge in [0.1, 0.15) is 11.6 Å². The van der Waals surface area contributed by atoms with E-state index in [0.29, 0.717) is 5.69 Å². The molecule has 0 atom stereocenters. The SMILES string of the molecule is Fc1cccc(F)c1/C=N/Nc1cccc2ncccc12. The average molecular weight is 283 g/mol. The van der Waals surface area contributed by atoms with Gasteiger partial charge in [-0.25, -0.2) is 8.78 Å². The third kappa shape index (κ3) is 2.72. The van der Waals surface area contributed by atoms with Crippen LogP contribution < -0.4 is 5.43 Å². The summed E-state index contributed by atoms with van der Waals surface area (Å²) >= 11 is 0. The van der Waals surface area contributed by atoms with Crippen LogP contribution in [0.5, 0.6) is 0 Å². The first-order chi connectivity index (χ1) is 10.3. The molecule has 0 saturated heterocycles. The highest BCUT2D eigenvalue weighted by Gasteiger charge is 2.05. The average Bonchev–Trinajstić information content (AvgIpc) is 2.50. The molecule has 3 aromatic rings. The van der Waals surface area contributed by atoms with Crippen molar-refractivity contribution in [2.75, 3.05) is 5.43 Å². The third-order valence-electron chi connectivity index (χ3n) is 3.02. The number of halogens is 2. The van der Waals surface area contributed by atoms with E-state index in [0.717, 1.165) is 17.1 Å². The van der Waals surface area contributed by atoms with Gasteiger partial charge in [-0.1, -0.05) is 12.1 Å². The number of nitrogens with zero attached hydrogens (tertiary/aromatic N) is 2. The molecular formula is C16H11F2N3. The maximum absolute atomic E-state index is 13.5. The third-order valence-corrected chi connectivity index (χ3v) is 3.02. The molecule has 0 aliphatic carbocycles. The number of hydrogen-bond donors (Lipinski definition) is 1. The molecule has 3 nitrogen and oxygen atoms in total. The van der Waals surface area contributed by atoms with Gasteiger partial charge >= 0.3 is 0 Å². The van der Waals surface area contributed by atoms with E-state index < -0.39 is 11.6 Å². The lowest BCUT2D eigenvalue weighted by atomic mass is 10.2. The molecule has 0 aliphatic heterocycles. The highest BCUT2D eigenvalue weighted by Crippen LogP contribution is 2.21. The second kappa shape index (κ2) is 5.66. The Morgan fingerprint density at radius 2 is 1.71 bits per heavy atom. The van der Waals surface area contributed by atoms with Crippen molar-refractivity contribution >= 4 is 22.8 Å². The Morgan fingerprint density at radius 1 is 0.952 bits per heavy atom. The van der Waals surface area contributed by atoms with Crippen LogP contribution in [0, 0.1) is 11.6 Å². The van der Waals surface area contributed by atoms with Gasteiger partial charge in [0.15, 0.2) is 0 Å². The van der Waals surface area contributed by atoms with Gasteiger partial charge in [-0.05, 0) is 36.4 Å². The topological polar surface area (TPSA) is 37.3 Å². The lowest BCUT2D eigenvalue weighted by Gasteiger charge is -2.04.